The Hall–Kier alpha value is -3.10. The van der Waals surface area contributed by atoms with Gasteiger partial charge in [0.25, 0.3) is 0 Å². The summed E-state index contributed by atoms with van der Waals surface area (Å²) in [5.74, 6) is 3.42. The van der Waals surface area contributed by atoms with Gasteiger partial charge in [0.15, 0.2) is 11.5 Å². The summed E-state index contributed by atoms with van der Waals surface area (Å²) < 4.78 is 16.6. The van der Waals surface area contributed by atoms with E-state index in [0.717, 1.165) is 81.6 Å². The minimum atomic E-state index is 0.479. The second-order valence-corrected chi connectivity index (χ2v) is 9.17. The maximum atomic E-state index is 5.57. The van der Waals surface area contributed by atoms with Gasteiger partial charge >= 0.3 is 0 Å². The predicted octanol–water partition coefficient (Wildman–Crippen LogP) is 3.78. The average Bonchev–Trinajstić information content (AvgIpc) is 2.93. The first-order valence-corrected chi connectivity index (χ1v) is 12.5. The lowest BCUT2D eigenvalue weighted by molar-refractivity contribution is 0.0398. The van der Waals surface area contributed by atoms with Crippen LogP contribution in [-0.4, -0.2) is 81.6 Å². The van der Waals surface area contributed by atoms with E-state index in [1.807, 2.05) is 12.1 Å². The highest BCUT2D eigenvalue weighted by Crippen LogP contribution is 2.36. The first-order valence-electron chi connectivity index (χ1n) is 12.5. The molecule has 5 rings (SSSR count). The number of hydrogen-bond donors (Lipinski definition) is 1. The molecule has 8 heteroatoms. The monoisotopic (exact) mass is 477 g/mol. The minimum absolute atomic E-state index is 0.479. The number of nitrogens with zero attached hydrogens (tertiary/aromatic N) is 4. The Kier molecular flexibility index (Phi) is 7.49. The van der Waals surface area contributed by atoms with Gasteiger partial charge in [-0.1, -0.05) is 30.3 Å². The number of ether oxygens (including phenoxy) is 3. The molecule has 2 aliphatic heterocycles. The van der Waals surface area contributed by atoms with Crippen molar-refractivity contribution in [2.24, 2.45) is 0 Å². The van der Waals surface area contributed by atoms with Crippen LogP contribution in [0.1, 0.15) is 24.3 Å². The number of nitrogens with one attached hydrogen (secondary N) is 1. The molecule has 1 atom stereocenters. The van der Waals surface area contributed by atoms with Crippen LogP contribution < -0.4 is 19.7 Å². The van der Waals surface area contributed by atoms with Crippen molar-refractivity contribution in [1.82, 2.24) is 14.9 Å². The summed E-state index contributed by atoms with van der Waals surface area (Å²) in [6.07, 6.45) is 2.30. The lowest BCUT2D eigenvalue weighted by Crippen LogP contribution is -2.39. The molecular formula is C27H35N5O3. The number of rotatable bonds is 8. The summed E-state index contributed by atoms with van der Waals surface area (Å²) in [5, 5.41) is 4.52. The molecule has 2 aromatic carbocycles. The van der Waals surface area contributed by atoms with Crippen LogP contribution >= 0.6 is 0 Å². The second kappa shape index (κ2) is 11.1. The van der Waals surface area contributed by atoms with Crippen LogP contribution in [0, 0.1) is 0 Å². The molecule has 0 saturated carbocycles. The van der Waals surface area contributed by atoms with Crippen molar-refractivity contribution in [2.75, 3.05) is 76.9 Å². The molecule has 2 saturated heterocycles. The zero-order valence-corrected chi connectivity index (χ0v) is 20.7. The molecule has 3 heterocycles. The van der Waals surface area contributed by atoms with Gasteiger partial charge in [0, 0.05) is 56.6 Å². The van der Waals surface area contributed by atoms with Crippen LogP contribution in [-0.2, 0) is 4.74 Å². The van der Waals surface area contributed by atoms with E-state index in [-0.39, 0.29) is 0 Å². The van der Waals surface area contributed by atoms with Crippen molar-refractivity contribution in [3.63, 3.8) is 0 Å². The van der Waals surface area contributed by atoms with E-state index in [9.17, 15) is 0 Å². The summed E-state index contributed by atoms with van der Waals surface area (Å²) in [5.41, 5.74) is 2.23. The molecule has 0 amide bonds. The second-order valence-electron chi connectivity index (χ2n) is 9.17. The van der Waals surface area contributed by atoms with Crippen LogP contribution in [0.25, 0.3) is 10.9 Å². The van der Waals surface area contributed by atoms with Crippen molar-refractivity contribution in [1.29, 1.82) is 0 Å². The quantitative estimate of drug-likeness (QED) is 0.526. The molecule has 3 aromatic rings. The largest absolute Gasteiger partial charge is 0.493 e. The maximum Gasteiger partial charge on any atom is 0.227 e. The minimum Gasteiger partial charge on any atom is -0.493 e. The first kappa shape index (κ1) is 23.6. The Balaban J connectivity index is 1.43. The number of anilines is 2. The third kappa shape index (κ3) is 5.44. The SMILES string of the molecule is COc1cc2nc(N3CCCC(c4ccccc4)C3)nc(NCCN3CCOCC3)c2cc1OC. The summed E-state index contributed by atoms with van der Waals surface area (Å²) in [7, 11) is 3.31. The van der Waals surface area contributed by atoms with Gasteiger partial charge < -0.3 is 24.4 Å². The number of methoxy groups -OCH3 is 2. The third-order valence-corrected chi connectivity index (χ3v) is 6.99. The van der Waals surface area contributed by atoms with E-state index < -0.39 is 0 Å². The molecule has 0 bridgehead atoms. The van der Waals surface area contributed by atoms with Gasteiger partial charge in [-0.25, -0.2) is 4.98 Å². The molecule has 186 valence electrons. The highest BCUT2D eigenvalue weighted by Gasteiger charge is 2.24. The fraction of sp³-hybridized carbons (Fsp3) is 0.481. The van der Waals surface area contributed by atoms with Gasteiger partial charge in [-0.05, 0) is 24.5 Å². The molecule has 35 heavy (non-hydrogen) atoms. The van der Waals surface area contributed by atoms with Crippen LogP contribution in [0.2, 0.25) is 0 Å². The molecule has 2 fully saturated rings. The van der Waals surface area contributed by atoms with E-state index in [0.29, 0.717) is 17.4 Å². The molecule has 1 aromatic heterocycles. The number of piperidine rings is 1. The normalized spacial score (nSPS) is 19.0. The molecule has 8 nitrogen and oxygen atoms in total. The summed E-state index contributed by atoms with van der Waals surface area (Å²) in [4.78, 5) is 14.8. The van der Waals surface area contributed by atoms with Crippen molar-refractivity contribution < 1.29 is 14.2 Å². The standard InChI is InChI=1S/C27H35N5O3/c1-33-24-17-22-23(18-25(24)34-2)29-27(30-26(22)28-10-12-31-13-15-35-16-14-31)32-11-6-9-21(19-32)20-7-4-3-5-8-20/h3-5,7-8,17-18,21H,6,9-16,19H2,1-2H3,(H,28,29,30). The first-order chi connectivity index (χ1) is 17.2. The van der Waals surface area contributed by atoms with Crippen LogP contribution in [0.5, 0.6) is 11.5 Å². The third-order valence-electron chi connectivity index (χ3n) is 6.99. The van der Waals surface area contributed by atoms with E-state index in [1.54, 1.807) is 14.2 Å². The fourth-order valence-electron chi connectivity index (χ4n) is 5.03. The highest BCUT2D eigenvalue weighted by molar-refractivity contribution is 5.92. The number of fused-ring (bicyclic) bond motifs is 1. The Labute approximate surface area is 207 Å². The van der Waals surface area contributed by atoms with Crippen LogP contribution in [0.3, 0.4) is 0 Å². The summed E-state index contributed by atoms with van der Waals surface area (Å²) in [6, 6.07) is 14.7. The van der Waals surface area contributed by atoms with Gasteiger partial charge in [-0.3, -0.25) is 4.90 Å². The van der Waals surface area contributed by atoms with Gasteiger partial charge in [0.2, 0.25) is 5.95 Å². The van der Waals surface area contributed by atoms with Crippen molar-refractivity contribution in [3.05, 3.63) is 48.0 Å². The van der Waals surface area contributed by atoms with E-state index in [2.05, 4.69) is 45.4 Å². The van der Waals surface area contributed by atoms with Crippen LogP contribution in [0.4, 0.5) is 11.8 Å². The predicted molar refractivity (Wildman–Crippen MR) is 139 cm³/mol. The number of hydrogen-bond acceptors (Lipinski definition) is 8. The lowest BCUT2D eigenvalue weighted by atomic mass is 9.91. The Morgan fingerprint density at radius 3 is 2.54 bits per heavy atom. The molecule has 1 unspecified atom stereocenters. The van der Waals surface area contributed by atoms with E-state index in [1.165, 1.54) is 12.0 Å². The fourth-order valence-corrected chi connectivity index (χ4v) is 5.03. The highest BCUT2D eigenvalue weighted by atomic mass is 16.5. The summed E-state index contributed by atoms with van der Waals surface area (Å²) >= 11 is 0. The number of benzene rings is 2. The smallest absolute Gasteiger partial charge is 0.227 e. The van der Waals surface area contributed by atoms with Gasteiger partial charge in [-0.15, -0.1) is 0 Å². The zero-order valence-electron chi connectivity index (χ0n) is 20.7. The molecule has 0 spiro atoms. The molecule has 0 aliphatic carbocycles. The van der Waals surface area contributed by atoms with Gasteiger partial charge in [0.05, 0.1) is 33.0 Å². The average molecular weight is 478 g/mol. The Morgan fingerprint density at radius 1 is 1.00 bits per heavy atom. The molecule has 2 aliphatic rings. The van der Waals surface area contributed by atoms with Gasteiger partial charge in [0.1, 0.15) is 5.82 Å². The molecule has 1 N–H and O–H groups in total. The Morgan fingerprint density at radius 2 is 1.77 bits per heavy atom. The number of aromatic nitrogens is 2. The van der Waals surface area contributed by atoms with Crippen molar-refractivity contribution in [3.8, 4) is 11.5 Å². The zero-order chi connectivity index (χ0) is 24.0. The van der Waals surface area contributed by atoms with Gasteiger partial charge in [-0.2, -0.15) is 4.98 Å². The van der Waals surface area contributed by atoms with Crippen molar-refractivity contribution in [2.45, 2.75) is 18.8 Å². The Bertz CT molecular complexity index is 1120. The topological polar surface area (TPSA) is 72.0 Å². The summed E-state index contributed by atoms with van der Waals surface area (Å²) in [6.45, 7) is 7.15. The number of morpholine rings is 1. The maximum absolute atomic E-state index is 5.57. The van der Waals surface area contributed by atoms with E-state index in [4.69, 9.17) is 24.2 Å². The van der Waals surface area contributed by atoms with Crippen LogP contribution in [0.15, 0.2) is 42.5 Å². The van der Waals surface area contributed by atoms with Crippen molar-refractivity contribution >= 4 is 22.7 Å². The molecule has 0 radical (unpaired) electrons. The molecular weight excluding hydrogens is 442 g/mol. The lowest BCUT2D eigenvalue weighted by Gasteiger charge is -2.33. The van der Waals surface area contributed by atoms with E-state index >= 15 is 0 Å².